The SMILES string of the molecule is COc1ccc([C@H]2N(c3ccccc3)O[C@H]3C(=O)N(c4cccc([N+](=O)[O-])c4)C(=O)[C@]32c2ccccc2)cc1. The summed E-state index contributed by atoms with van der Waals surface area (Å²) in [6.45, 7) is 0. The van der Waals surface area contributed by atoms with E-state index in [1.165, 1.54) is 24.3 Å². The van der Waals surface area contributed by atoms with Crippen molar-refractivity contribution in [3.8, 4) is 5.75 Å². The first-order valence-electron chi connectivity index (χ1n) is 12.3. The molecule has 0 aromatic heterocycles. The molecular formula is C30H23N3O6. The van der Waals surface area contributed by atoms with Gasteiger partial charge < -0.3 is 4.74 Å². The number of benzene rings is 4. The summed E-state index contributed by atoms with van der Waals surface area (Å²) in [6.07, 6.45) is -1.22. The number of fused-ring (bicyclic) bond motifs is 1. The summed E-state index contributed by atoms with van der Waals surface area (Å²) >= 11 is 0. The van der Waals surface area contributed by atoms with Gasteiger partial charge in [-0.05, 0) is 41.5 Å². The third-order valence-corrected chi connectivity index (χ3v) is 7.29. The number of para-hydroxylation sites is 1. The number of non-ortho nitro benzene ring substituents is 1. The summed E-state index contributed by atoms with van der Waals surface area (Å²) in [5, 5.41) is 13.1. The zero-order valence-corrected chi connectivity index (χ0v) is 20.8. The highest BCUT2D eigenvalue weighted by Gasteiger charge is 2.72. The Morgan fingerprint density at radius 2 is 1.49 bits per heavy atom. The molecule has 2 fully saturated rings. The smallest absolute Gasteiger partial charge is 0.271 e. The minimum Gasteiger partial charge on any atom is -0.497 e. The van der Waals surface area contributed by atoms with Crippen LogP contribution in [0.4, 0.5) is 17.1 Å². The number of carbonyl (C=O) groups is 2. The number of nitro groups is 1. The molecule has 2 aliphatic heterocycles. The summed E-state index contributed by atoms with van der Waals surface area (Å²) < 4.78 is 5.35. The van der Waals surface area contributed by atoms with Gasteiger partial charge in [-0.3, -0.25) is 24.5 Å². The van der Waals surface area contributed by atoms with Crippen molar-refractivity contribution in [3.05, 3.63) is 130 Å². The molecule has 3 atom stereocenters. The van der Waals surface area contributed by atoms with Gasteiger partial charge in [0.15, 0.2) is 6.10 Å². The second-order valence-corrected chi connectivity index (χ2v) is 9.31. The van der Waals surface area contributed by atoms with Crippen LogP contribution in [0.2, 0.25) is 0 Å². The van der Waals surface area contributed by atoms with Crippen LogP contribution in [0.1, 0.15) is 17.2 Å². The molecule has 0 radical (unpaired) electrons. The second-order valence-electron chi connectivity index (χ2n) is 9.31. The minimum absolute atomic E-state index is 0.118. The van der Waals surface area contributed by atoms with Crippen LogP contribution < -0.4 is 14.7 Å². The molecular weight excluding hydrogens is 498 g/mol. The Labute approximate surface area is 223 Å². The zero-order chi connectivity index (χ0) is 27.1. The van der Waals surface area contributed by atoms with Crippen molar-refractivity contribution < 1.29 is 24.1 Å². The number of ether oxygens (including phenoxy) is 1. The maximum Gasteiger partial charge on any atom is 0.271 e. The van der Waals surface area contributed by atoms with Gasteiger partial charge in [0.05, 0.1) is 23.4 Å². The largest absolute Gasteiger partial charge is 0.497 e. The monoisotopic (exact) mass is 521 g/mol. The molecule has 0 spiro atoms. The Morgan fingerprint density at radius 3 is 2.13 bits per heavy atom. The molecule has 2 aliphatic rings. The van der Waals surface area contributed by atoms with Crippen LogP contribution in [-0.4, -0.2) is 30.0 Å². The van der Waals surface area contributed by atoms with Gasteiger partial charge in [0, 0.05) is 12.1 Å². The summed E-state index contributed by atoms with van der Waals surface area (Å²) in [7, 11) is 1.57. The lowest BCUT2D eigenvalue weighted by molar-refractivity contribution is -0.384. The fraction of sp³-hybridized carbons (Fsp3) is 0.133. The Morgan fingerprint density at radius 1 is 0.846 bits per heavy atom. The van der Waals surface area contributed by atoms with E-state index in [2.05, 4.69) is 0 Å². The number of nitrogens with zero attached hydrogens (tertiary/aromatic N) is 3. The molecule has 9 nitrogen and oxygen atoms in total. The molecule has 194 valence electrons. The Kier molecular flexibility index (Phi) is 5.85. The molecule has 0 aliphatic carbocycles. The molecule has 0 N–H and O–H groups in total. The number of imide groups is 1. The summed E-state index contributed by atoms with van der Waals surface area (Å²) in [5.74, 6) is -0.481. The molecule has 4 aromatic rings. The summed E-state index contributed by atoms with van der Waals surface area (Å²) in [6, 6.07) is 30.4. The summed E-state index contributed by atoms with van der Waals surface area (Å²) in [4.78, 5) is 47.1. The molecule has 2 amide bonds. The lowest BCUT2D eigenvalue weighted by Gasteiger charge is -2.35. The van der Waals surface area contributed by atoms with Gasteiger partial charge in [-0.15, -0.1) is 0 Å². The molecule has 0 unspecified atom stereocenters. The van der Waals surface area contributed by atoms with Crippen molar-refractivity contribution in [2.75, 3.05) is 17.1 Å². The van der Waals surface area contributed by atoms with Gasteiger partial charge in [0.1, 0.15) is 17.2 Å². The van der Waals surface area contributed by atoms with Crippen molar-refractivity contribution in [3.63, 3.8) is 0 Å². The van der Waals surface area contributed by atoms with Crippen molar-refractivity contribution in [1.82, 2.24) is 0 Å². The zero-order valence-electron chi connectivity index (χ0n) is 20.8. The highest BCUT2D eigenvalue weighted by Crippen LogP contribution is 2.57. The first kappa shape index (κ1) is 24.3. The average Bonchev–Trinajstić information content (AvgIpc) is 3.45. The van der Waals surface area contributed by atoms with Crippen LogP contribution in [0, 0.1) is 10.1 Å². The van der Waals surface area contributed by atoms with Gasteiger partial charge in [-0.25, -0.2) is 9.96 Å². The predicted molar refractivity (Wildman–Crippen MR) is 143 cm³/mol. The first-order valence-corrected chi connectivity index (χ1v) is 12.3. The molecule has 4 aromatic carbocycles. The quantitative estimate of drug-likeness (QED) is 0.200. The molecule has 0 bridgehead atoms. The fourth-order valence-corrected chi connectivity index (χ4v) is 5.56. The Hall–Kier alpha value is -5.02. The number of hydrogen-bond acceptors (Lipinski definition) is 7. The van der Waals surface area contributed by atoms with E-state index in [0.717, 1.165) is 10.5 Å². The Balaban J connectivity index is 1.60. The maximum atomic E-state index is 14.7. The molecule has 0 saturated carbocycles. The number of anilines is 2. The van der Waals surface area contributed by atoms with E-state index in [9.17, 15) is 19.7 Å². The lowest BCUT2D eigenvalue weighted by Crippen LogP contribution is -2.46. The number of rotatable bonds is 6. The van der Waals surface area contributed by atoms with E-state index in [-0.39, 0.29) is 11.4 Å². The van der Waals surface area contributed by atoms with Gasteiger partial charge in [-0.2, -0.15) is 0 Å². The van der Waals surface area contributed by atoms with E-state index >= 15 is 0 Å². The van der Waals surface area contributed by atoms with Crippen LogP contribution >= 0.6 is 0 Å². The maximum absolute atomic E-state index is 14.7. The second kappa shape index (κ2) is 9.38. The van der Waals surface area contributed by atoms with Crippen LogP contribution in [0.25, 0.3) is 0 Å². The van der Waals surface area contributed by atoms with Crippen LogP contribution in [-0.2, 0) is 19.8 Å². The van der Waals surface area contributed by atoms with E-state index in [0.29, 0.717) is 17.0 Å². The van der Waals surface area contributed by atoms with Crippen LogP contribution in [0.3, 0.4) is 0 Å². The van der Waals surface area contributed by atoms with Crippen molar-refractivity contribution in [1.29, 1.82) is 0 Å². The number of nitro benzene ring substituents is 1. The third kappa shape index (κ3) is 3.66. The number of carbonyl (C=O) groups excluding carboxylic acids is 2. The van der Waals surface area contributed by atoms with E-state index in [4.69, 9.17) is 9.57 Å². The van der Waals surface area contributed by atoms with E-state index < -0.39 is 34.3 Å². The Bertz CT molecular complexity index is 1560. The first-order chi connectivity index (χ1) is 19.0. The van der Waals surface area contributed by atoms with Gasteiger partial charge in [0.25, 0.3) is 11.6 Å². The van der Waals surface area contributed by atoms with E-state index in [1.807, 2.05) is 72.8 Å². The normalized spacial score (nSPS) is 22.2. The van der Waals surface area contributed by atoms with E-state index in [1.54, 1.807) is 24.3 Å². The molecule has 6 rings (SSSR count). The summed E-state index contributed by atoms with van der Waals surface area (Å²) in [5.41, 5.74) is 0.400. The van der Waals surface area contributed by atoms with Gasteiger partial charge in [0.2, 0.25) is 5.91 Å². The van der Waals surface area contributed by atoms with Crippen molar-refractivity contribution in [2.24, 2.45) is 0 Å². The molecule has 2 heterocycles. The van der Waals surface area contributed by atoms with Crippen molar-refractivity contribution in [2.45, 2.75) is 17.6 Å². The van der Waals surface area contributed by atoms with Crippen molar-refractivity contribution >= 4 is 28.9 Å². The highest BCUT2D eigenvalue weighted by molar-refractivity contribution is 6.28. The van der Waals surface area contributed by atoms with Gasteiger partial charge >= 0.3 is 0 Å². The molecule has 2 saturated heterocycles. The number of hydroxylamine groups is 1. The number of methoxy groups -OCH3 is 1. The lowest BCUT2D eigenvalue weighted by atomic mass is 9.69. The standard InChI is InChI=1S/C30H23N3O6/c1-38-25-17-15-20(16-18-25)26-30(21-9-4-2-5-10-21)27(39-32(26)22-11-6-3-7-12-22)28(34)31(29(30)35)23-13-8-14-24(19-23)33(36)37/h2-19,26-27H,1H3/t26-,27+,30+/m1/s1. The third-order valence-electron chi connectivity index (χ3n) is 7.29. The fourth-order valence-electron chi connectivity index (χ4n) is 5.56. The molecule has 39 heavy (non-hydrogen) atoms. The highest BCUT2D eigenvalue weighted by atomic mass is 16.7. The number of amides is 2. The van der Waals surface area contributed by atoms with Crippen LogP contribution in [0.5, 0.6) is 5.75 Å². The molecule has 9 heteroatoms. The van der Waals surface area contributed by atoms with Gasteiger partial charge in [-0.1, -0.05) is 66.7 Å². The van der Waals surface area contributed by atoms with Crippen LogP contribution in [0.15, 0.2) is 109 Å². The number of hydrogen-bond donors (Lipinski definition) is 0. The minimum atomic E-state index is -1.49. The average molecular weight is 522 g/mol. The topological polar surface area (TPSA) is 102 Å². The predicted octanol–water partition coefficient (Wildman–Crippen LogP) is 4.98.